The van der Waals surface area contributed by atoms with Gasteiger partial charge in [0.15, 0.2) is 6.54 Å². The fourth-order valence-electron chi connectivity index (χ4n) is 2.94. The fourth-order valence-corrected chi connectivity index (χ4v) is 2.94. The first kappa shape index (κ1) is 17.5. The molecule has 126 valence electrons. The van der Waals surface area contributed by atoms with E-state index < -0.39 is 0 Å². The number of likely N-dealkylation sites (tertiary alicyclic amines) is 1. The van der Waals surface area contributed by atoms with E-state index in [0.717, 1.165) is 29.9 Å². The van der Waals surface area contributed by atoms with Crippen molar-refractivity contribution in [3.05, 3.63) is 29.3 Å². The van der Waals surface area contributed by atoms with Gasteiger partial charge in [0.05, 0.1) is 19.6 Å². The summed E-state index contributed by atoms with van der Waals surface area (Å²) < 4.78 is 0. The third-order valence-corrected chi connectivity index (χ3v) is 4.44. The number of nitrogens with zero attached hydrogens (tertiary/aromatic N) is 1. The standard InChI is InChI=1S/C18H27N3O2/c1-14-7-8-15(2)16(11-14)19-17(22)12-20(3)18(23)13-21-9-5-4-6-10-21/h7-8,11H,4-6,9-10,12-13H2,1-3H3,(H,19,22)/p+1. The predicted octanol–water partition coefficient (Wildman–Crippen LogP) is 0.769. The Bertz CT molecular complexity index is 565. The molecular formula is C18H28N3O2+. The second-order valence-electron chi connectivity index (χ2n) is 6.60. The number of benzene rings is 1. The van der Waals surface area contributed by atoms with Crippen LogP contribution in [0.15, 0.2) is 18.2 Å². The number of carbonyl (C=O) groups excluding carboxylic acids is 2. The molecule has 1 aromatic carbocycles. The molecule has 2 N–H and O–H groups in total. The lowest BCUT2D eigenvalue weighted by Gasteiger charge is -2.25. The Morgan fingerprint density at radius 1 is 1.17 bits per heavy atom. The molecule has 0 aliphatic carbocycles. The second kappa shape index (κ2) is 8.11. The van der Waals surface area contributed by atoms with Crippen LogP contribution in [-0.4, -0.2) is 49.9 Å². The lowest BCUT2D eigenvalue weighted by atomic mass is 10.1. The minimum absolute atomic E-state index is 0.0398. The van der Waals surface area contributed by atoms with Crippen LogP contribution < -0.4 is 10.2 Å². The Morgan fingerprint density at radius 2 is 1.87 bits per heavy atom. The highest BCUT2D eigenvalue weighted by molar-refractivity contribution is 5.95. The van der Waals surface area contributed by atoms with Crippen molar-refractivity contribution in [1.29, 1.82) is 0 Å². The molecule has 2 amide bonds. The van der Waals surface area contributed by atoms with Gasteiger partial charge < -0.3 is 15.1 Å². The third kappa shape index (κ3) is 5.36. The van der Waals surface area contributed by atoms with Crippen molar-refractivity contribution in [1.82, 2.24) is 4.90 Å². The molecular weight excluding hydrogens is 290 g/mol. The van der Waals surface area contributed by atoms with Crippen LogP contribution in [0.1, 0.15) is 30.4 Å². The maximum absolute atomic E-state index is 12.2. The molecule has 1 aromatic rings. The van der Waals surface area contributed by atoms with Crippen LogP contribution in [0.3, 0.4) is 0 Å². The van der Waals surface area contributed by atoms with Crippen LogP contribution in [-0.2, 0) is 9.59 Å². The lowest BCUT2D eigenvalue weighted by Crippen LogP contribution is -3.13. The number of likely N-dealkylation sites (N-methyl/N-ethyl adjacent to an activating group) is 1. The SMILES string of the molecule is Cc1ccc(C)c(NC(=O)CN(C)C(=O)C[NH+]2CCCCC2)c1. The van der Waals surface area contributed by atoms with Gasteiger partial charge in [-0.2, -0.15) is 0 Å². The fraction of sp³-hybridized carbons (Fsp3) is 0.556. The number of nitrogens with one attached hydrogen (secondary N) is 2. The summed E-state index contributed by atoms with van der Waals surface area (Å²) in [5, 5.41) is 2.90. The zero-order valence-electron chi connectivity index (χ0n) is 14.4. The van der Waals surface area contributed by atoms with Crippen LogP contribution in [0, 0.1) is 13.8 Å². The first-order chi connectivity index (χ1) is 11.0. The highest BCUT2D eigenvalue weighted by Gasteiger charge is 2.21. The Labute approximate surface area is 138 Å². The minimum atomic E-state index is -0.150. The zero-order valence-corrected chi connectivity index (χ0v) is 14.4. The highest BCUT2D eigenvalue weighted by atomic mass is 16.2. The van der Waals surface area contributed by atoms with Gasteiger partial charge in [-0.25, -0.2) is 0 Å². The summed E-state index contributed by atoms with van der Waals surface area (Å²) in [4.78, 5) is 27.3. The number of amides is 2. The molecule has 1 heterocycles. The average molecular weight is 318 g/mol. The van der Waals surface area contributed by atoms with Gasteiger partial charge in [-0.05, 0) is 50.3 Å². The molecule has 2 rings (SSSR count). The number of carbonyl (C=O) groups is 2. The van der Waals surface area contributed by atoms with Crippen LogP contribution >= 0.6 is 0 Å². The molecule has 0 atom stereocenters. The van der Waals surface area contributed by atoms with Gasteiger partial charge in [0.1, 0.15) is 0 Å². The normalized spacial score (nSPS) is 15.3. The summed E-state index contributed by atoms with van der Waals surface area (Å²) in [6.45, 7) is 6.67. The van der Waals surface area contributed by atoms with Crippen molar-refractivity contribution in [3.63, 3.8) is 0 Å². The summed E-state index contributed by atoms with van der Waals surface area (Å²) >= 11 is 0. The Morgan fingerprint density at radius 3 is 2.57 bits per heavy atom. The van der Waals surface area contributed by atoms with E-state index in [2.05, 4.69) is 5.32 Å². The van der Waals surface area contributed by atoms with Crippen LogP contribution in [0.5, 0.6) is 0 Å². The van der Waals surface area contributed by atoms with Crippen LogP contribution in [0.4, 0.5) is 5.69 Å². The van der Waals surface area contributed by atoms with Crippen molar-refractivity contribution in [3.8, 4) is 0 Å². The van der Waals surface area contributed by atoms with E-state index >= 15 is 0 Å². The Hall–Kier alpha value is -1.88. The second-order valence-corrected chi connectivity index (χ2v) is 6.60. The Kier molecular flexibility index (Phi) is 6.16. The molecule has 0 saturated carbocycles. The predicted molar refractivity (Wildman–Crippen MR) is 91.6 cm³/mol. The van der Waals surface area contributed by atoms with Gasteiger partial charge in [-0.15, -0.1) is 0 Å². The van der Waals surface area contributed by atoms with Gasteiger partial charge >= 0.3 is 0 Å². The molecule has 1 fully saturated rings. The molecule has 0 spiro atoms. The molecule has 1 saturated heterocycles. The van der Waals surface area contributed by atoms with Gasteiger partial charge in [-0.3, -0.25) is 9.59 Å². The molecule has 0 radical (unpaired) electrons. The summed E-state index contributed by atoms with van der Waals surface area (Å²) in [7, 11) is 1.70. The van der Waals surface area contributed by atoms with Crippen molar-refractivity contribution in [2.45, 2.75) is 33.1 Å². The third-order valence-electron chi connectivity index (χ3n) is 4.44. The molecule has 0 bridgehead atoms. The van der Waals surface area contributed by atoms with Crippen molar-refractivity contribution in [2.75, 3.05) is 38.5 Å². The minimum Gasteiger partial charge on any atom is -0.332 e. The van der Waals surface area contributed by atoms with Crippen LogP contribution in [0.2, 0.25) is 0 Å². The summed E-state index contributed by atoms with van der Waals surface area (Å²) in [6, 6.07) is 5.95. The van der Waals surface area contributed by atoms with Crippen molar-refractivity contribution in [2.24, 2.45) is 0 Å². The lowest BCUT2D eigenvalue weighted by molar-refractivity contribution is -0.897. The van der Waals surface area contributed by atoms with E-state index in [4.69, 9.17) is 0 Å². The van der Waals surface area contributed by atoms with E-state index in [1.54, 1.807) is 7.05 Å². The van der Waals surface area contributed by atoms with E-state index in [1.165, 1.54) is 29.1 Å². The summed E-state index contributed by atoms with van der Waals surface area (Å²) in [5.41, 5.74) is 2.94. The van der Waals surface area contributed by atoms with E-state index in [0.29, 0.717) is 6.54 Å². The van der Waals surface area contributed by atoms with Gasteiger partial charge in [-0.1, -0.05) is 12.1 Å². The number of piperidine rings is 1. The monoisotopic (exact) mass is 318 g/mol. The Balaban J connectivity index is 1.83. The number of hydrogen-bond donors (Lipinski definition) is 2. The largest absolute Gasteiger partial charge is 0.332 e. The number of rotatable bonds is 5. The molecule has 5 heteroatoms. The number of quaternary nitrogens is 1. The number of aryl methyl sites for hydroxylation is 2. The molecule has 0 aromatic heterocycles. The maximum atomic E-state index is 12.2. The molecule has 1 aliphatic rings. The molecule has 0 unspecified atom stereocenters. The van der Waals surface area contributed by atoms with E-state index in [1.807, 2.05) is 32.0 Å². The molecule has 1 aliphatic heterocycles. The first-order valence-corrected chi connectivity index (χ1v) is 8.40. The van der Waals surface area contributed by atoms with Crippen molar-refractivity contribution < 1.29 is 14.5 Å². The number of hydrogen-bond acceptors (Lipinski definition) is 2. The highest BCUT2D eigenvalue weighted by Crippen LogP contribution is 2.16. The first-order valence-electron chi connectivity index (χ1n) is 8.40. The van der Waals surface area contributed by atoms with Gasteiger partial charge in [0.2, 0.25) is 5.91 Å². The topological polar surface area (TPSA) is 53.9 Å². The van der Waals surface area contributed by atoms with Crippen LogP contribution in [0.25, 0.3) is 0 Å². The van der Waals surface area contributed by atoms with Gasteiger partial charge in [0, 0.05) is 12.7 Å². The molecule has 5 nitrogen and oxygen atoms in total. The van der Waals surface area contributed by atoms with E-state index in [-0.39, 0.29) is 18.4 Å². The molecule has 23 heavy (non-hydrogen) atoms. The number of anilines is 1. The summed E-state index contributed by atoms with van der Waals surface area (Å²) in [6.07, 6.45) is 3.66. The maximum Gasteiger partial charge on any atom is 0.277 e. The smallest absolute Gasteiger partial charge is 0.277 e. The van der Waals surface area contributed by atoms with Crippen molar-refractivity contribution >= 4 is 17.5 Å². The van der Waals surface area contributed by atoms with Gasteiger partial charge in [0.25, 0.3) is 5.91 Å². The zero-order chi connectivity index (χ0) is 16.8. The summed E-state index contributed by atoms with van der Waals surface area (Å²) in [5.74, 6) is -0.110. The average Bonchev–Trinajstić information content (AvgIpc) is 2.51. The van der Waals surface area contributed by atoms with E-state index in [9.17, 15) is 9.59 Å². The quantitative estimate of drug-likeness (QED) is 0.842.